The highest BCUT2D eigenvalue weighted by atomic mass is 32.2. The van der Waals surface area contributed by atoms with Gasteiger partial charge in [-0.2, -0.15) is 0 Å². The highest BCUT2D eigenvalue weighted by molar-refractivity contribution is 7.91. The summed E-state index contributed by atoms with van der Waals surface area (Å²) in [5, 5.41) is 0. The van der Waals surface area contributed by atoms with Gasteiger partial charge in [0.2, 0.25) is 0 Å². The van der Waals surface area contributed by atoms with E-state index in [2.05, 4.69) is 0 Å². The van der Waals surface area contributed by atoms with E-state index in [4.69, 9.17) is 5.73 Å². The lowest BCUT2D eigenvalue weighted by Gasteiger charge is -2.40. The van der Waals surface area contributed by atoms with Crippen LogP contribution in [0.1, 0.15) is 39.0 Å². The van der Waals surface area contributed by atoms with Crippen LogP contribution in [0.5, 0.6) is 0 Å². The molecular weight excluding hydrogens is 226 g/mol. The summed E-state index contributed by atoms with van der Waals surface area (Å²) in [5.41, 5.74) is 5.65. The fourth-order valence-electron chi connectivity index (χ4n) is 2.05. The van der Waals surface area contributed by atoms with E-state index in [9.17, 15) is 13.2 Å². The molecule has 5 heteroatoms. The van der Waals surface area contributed by atoms with Gasteiger partial charge in [0, 0.05) is 18.6 Å². The normalized spacial score (nSPS) is 19.1. The van der Waals surface area contributed by atoms with Crippen molar-refractivity contribution in [2.24, 2.45) is 11.1 Å². The molecule has 2 N–H and O–H groups in total. The van der Waals surface area contributed by atoms with Crippen LogP contribution in [0.25, 0.3) is 0 Å². The van der Waals surface area contributed by atoms with Crippen molar-refractivity contribution >= 4 is 15.6 Å². The van der Waals surface area contributed by atoms with E-state index >= 15 is 0 Å². The molecule has 1 saturated carbocycles. The first-order valence-corrected chi connectivity index (χ1v) is 7.67. The van der Waals surface area contributed by atoms with Crippen molar-refractivity contribution in [3.63, 3.8) is 0 Å². The van der Waals surface area contributed by atoms with Gasteiger partial charge >= 0.3 is 0 Å². The minimum absolute atomic E-state index is 0.00689. The van der Waals surface area contributed by atoms with Crippen molar-refractivity contribution in [3.8, 4) is 0 Å². The third kappa shape index (κ3) is 3.56. The third-order valence-electron chi connectivity index (χ3n) is 3.55. The Morgan fingerprint density at radius 3 is 2.38 bits per heavy atom. The Hall–Kier alpha value is -0.420. The van der Waals surface area contributed by atoms with Gasteiger partial charge in [0.05, 0.1) is 5.75 Å². The summed E-state index contributed by atoms with van der Waals surface area (Å²) in [7, 11) is -3.02. The van der Waals surface area contributed by atoms with Crippen LogP contribution in [0, 0.1) is 5.41 Å². The van der Waals surface area contributed by atoms with Crippen LogP contribution in [-0.4, -0.2) is 32.3 Å². The Bertz CT molecular complexity index is 339. The summed E-state index contributed by atoms with van der Waals surface area (Å²) in [6.07, 6.45) is 3.77. The number of carbonyl (C=O) groups is 1. The van der Waals surface area contributed by atoms with E-state index in [1.807, 2.05) is 0 Å². The lowest BCUT2D eigenvalue weighted by molar-refractivity contribution is -0.122. The number of ketones is 1. The molecule has 0 unspecified atom stereocenters. The summed E-state index contributed by atoms with van der Waals surface area (Å²) in [5.74, 6) is 0.146. The lowest BCUT2D eigenvalue weighted by Crippen LogP contribution is -2.39. The van der Waals surface area contributed by atoms with E-state index in [1.165, 1.54) is 0 Å². The molecule has 0 heterocycles. The predicted molar refractivity (Wildman–Crippen MR) is 63.9 cm³/mol. The second-order valence-corrected chi connectivity index (χ2v) is 7.23. The largest absolute Gasteiger partial charge is 0.330 e. The van der Waals surface area contributed by atoms with E-state index in [1.54, 1.807) is 6.92 Å². The van der Waals surface area contributed by atoms with Crippen molar-refractivity contribution in [2.75, 3.05) is 18.1 Å². The van der Waals surface area contributed by atoms with Gasteiger partial charge in [0.1, 0.15) is 15.6 Å². The summed E-state index contributed by atoms with van der Waals surface area (Å²) in [6, 6.07) is 0. The first-order valence-electron chi connectivity index (χ1n) is 5.85. The van der Waals surface area contributed by atoms with Crippen molar-refractivity contribution in [1.82, 2.24) is 0 Å². The molecule has 4 nitrogen and oxygen atoms in total. The maximum absolute atomic E-state index is 11.7. The first kappa shape index (κ1) is 13.6. The second-order valence-electron chi connectivity index (χ2n) is 4.76. The number of sulfone groups is 1. The van der Waals surface area contributed by atoms with E-state index in [0.29, 0.717) is 13.0 Å². The minimum atomic E-state index is -3.02. The monoisotopic (exact) mass is 247 g/mol. The molecule has 1 aliphatic rings. The minimum Gasteiger partial charge on any atom is -0.330 e. The maximum Gasteiger partial charge on any atom is 0.150 e. The van der Waals surface area contributed by atoms with E-state index in [0.717, 1.165) is 19.3 Å². The molecule has 0 amide bonds. The SMILES string of the molecule is CCS(=O)(=O)CCC(=O)CC1(CN)CCC1. The number of hydrogen-bond donors (Lipinski definition) is 1. The number of nitrogens with two attached hydrogens (primary N) is 1. The van der Waals surface area contributed by atoms with Crippen molar-refractivity contribution in [1.29, 1.82) is 0 Å². The molecule has 94 valence electrons. The molecule has 16 heavy (non-hydrogen) atoms. The second kappa shape index (κ2) is 5.27. The predicted octanol–water partition coefficient (Wildman–Crippen LogP) is 0.899. The summed E-state index contributed by atoms with van der Waals surface area (Å²) < 4.78 is 22.5. The summed E-state index contributed by atoms with van der Waals surface area (Å²) in [6.45, 7) is 2.15. The molecule has 0 atom stereocenters. The highest BCUT2D eigenvalue weighted by Crippen LogP contribution is 2.43. The van der Waals surface area contributed by atoms with Crippen LogP contribution in [-0.2, 0) is 14.6 Å². The maximum atomic E-state index is 11.7. The molecule has 0 aromatic heterocycles. The molecule has 1 fully saturated rings. The number of rotatable bonds is 7. The van der Waals surface area contributed by atoms with Crippen molar-refractivity contribution in [3.05, 3.63) is 0 Å². The fourth-order valence-corrected chi connectivity index (χ4v) is 2.88. The van der Waals surface area contributed by atoms with Crippen LogP contribution < -0.4 is 5.73 Å². The molecule has 0 aromatic carbocycles. The zero-order valence-electron chi connectivity index (χ0n) is 9.87. The molecule has 0 bridgehead atoms. The van der Waals surface area contributed by atoms with Crippen LogP contribution in [0.3, 0.4) is 0 Å². The molecule has 0 saturated heterocycles. The first-order chi connectivity index (χ1) is 7.43. The molecule has 0 spiro atoms. The van der Waals surface area contributed by atoms with Gasteiger partial charge in [-0.1, -0.05) is 13.3 Å². The quantitative estimate of drug-likeness (QED) is 0.725. The zero-order valence-corrected chi connectivity index (χ0v) is 10.7. The van der Waals surface area contributed by atoms with E-state index < -0.39 is 9.84 Å². The molecule has 0 aliphatic heterocycles. The summed E-state index contributed by atoms with van der Waals surface area (Å²) >= 11 is 0. The van der Waals surface area contributed by atoms with Gasteiger partial charge in [-0.05, 0) is 24.8 Å². The van der Waals surface area contributed by atoms with Gasteiger partial charge < -0.3 is 5.73 Å². The molecule has 0 radical (unpaired) electrons. The number of Topliss-reactive ketones (excluding diaryl/α,β-unsaturated/α-hetero) is 1. The van der Waals surface area contributed by atoms with Crippen LogP contribution in [0.4, 0.5) is 0 Å². The van der Waals surface area contributed by atoms with Gasteiger partial charge in [0.15, 0.2) is 0 Å². The highest BCUT2D eigenvalue weighted by Gasteiger charge is 2.37. The summed E-state index contributed by atoms with van der Waals surface area (Å²) in [4.78, 5) is 11.7. The van der Waals surface area contributed by atoms with Crippen molar-refractivity contribution in [2.45, 2.75) is 39.0 Å². The molecule has 1 aliphatic carbocycles. The number of carbonyl (C=O) groups excluding carboxylic acids is 1. The smallest absolute Gasteiger partial charge is 0.150 e. The fraction of sp³-hybridized carbons (Fsp3) is 0.909. The number of hydrogen-bond acceptors (Lipinski definition) is 4. The van der Waals surface area contributed by atoms with Crippen LogP contribution >= 0.6 is 0 Å². The van der Waals surface area contributed by atoms with Gasteiger partial charge in [-0.3, -0.25) is 4.79 Å². The third-order valence-corrected chi connectivity index (χ3v) is 5.26. The Morgan fingerprint density at radius 1 is 1.38 bits per heavy atom. The topological polar surface area (TPSA) is 77.2 Å². The molecular formula is C11H21NO3S. The van der Waals surface area contributed by atoms with Crippen LogP contribution in [0.2, 0.25) is 0 Å². The van der Waals surface area contributed by atoms with Crippen LogP contribution in [0.15, 0.2) is 0 Å². The molecule has 1 rings (SSSR count). The Kier molecular flexibility index (Phi) is 4.50. The average Bonchev–Trinajstić information content (AvgIpc) is 2.21. The van der Waals surface area contributed by atoms with Gasteiger partial charge in [-0.25, -0.2) is 8.42 Å². The Labute approximate surface area is 97.5 Å². The van der Waals surface area contributed by atoms with Gasteiger partial charge in [0.25, 0.3) is 0 Å². The Balaban J connectivity index is 2.36. The Morgan fingerprint density at radius 2 is 2.00 bits per heavy atom. The van der Waals surface area contributed by atoms with Crippen molar-refractivity contribution < 1.29 is 13.2 Å². The molecule has 0 aromatic rings. The lowest BCUT2D eigenvalue weighted by atomic mass is 9.66. The van der Waals surface area contributed by atoms with E-state index in [-0.39, 0.29) is 29.1 Å². The zero-order chi connectivity index (χ0) is 12.2. The standard InChI is InChI=1S/C11H21NO3S/c1-2-16(14,15)7-4-10(13)8-11(9-12)5-3-6-11/h2-9,12H2,1H3. The average molecular weight is 247 g/mol. The van der Waals surface area contributed by atoms with Gasteiger partial charge in [-0.15, -0.1) is 0 Å².